The molecule has 0 N–H and O–H groups in total. The third-order valence-corrected chi connectivity index (χ3v) is 7.53. The van der Waals surface area contributed by atoms with Crippen molar-refractivity contribution >= 4 is 0 Å². The second-order valence-electron chi connectivity index (χ2n) is 10.2. The van der Waals surface area contributed by atoms with Gasteiger partial charge in [0, 0.05) is 18.2 Å². The molecule has 43 heavy (non-hydrogen) atoms. The smallest absolute Gasteiger partial charge is 0.126 e. The first kappa shape index (κ1) is 28.0. The van der Waals surface area contributed by atoms with Crippen LogP contribution in [0.3, 0.4) is 0 Å². The van der Waals surface area contributed by atoms with E-state index in [0.717, 1.165) is 18.2 Å². The van der Waals surface area contributed by atoms with Crippen LogP contribution in [-0.2, 0) is 5.41 Å². The van der Waals surface area contributed by atoms with Gasteiger partial charge in [0.1, 0.15) is 34.9 Å². The summed E-state index contributed by atoms with van der Waals surface area (Å²) in [4.78, 5) is 0. The summed E-state index contributed by atoms with van der Waals surface area (Å²) < 4.78 is 85.6. The molecule has 0 aliphatic carbocycles. The highest BCUT2D eigenvalue weighted by Gasteiger charge is 2.39. The van der Waals surface area contributed by atoms with Crippen LogP contribution in [0.4, 0.5) is 26.3 Å². The second kappa shape index (κ2) is 11.3. The summed E-state index contributed by atoms with van der Waals surface area (Å²) in [5, 5.41) is 0. The van der Waals surface area contributed by atoms with Crippen LogP contribution in [-0.4, -0.2) is 0 Å². The van der Waals surface area contributed by atoms with E-state index in [1.165, 1.54) is 36.4 Å². The predicted octanol–water partition coefficient (Wildman–Crippen LogP) is 10.2. The van der Waals surface area contributed by atoms with E-state index in [0.29, 0.717) is 44.5 Å². The predicted molar refractivity (Wildman–Crippen MR) is 155 cm³/mol. The highest BCUT2D eigenvalue weighted by atomic mass is 19.2. The van der Waals surface area contributed by atoms with Crippen molar-refractivity contribution in [3.8, 4) is 22.3 Å². The molecule has 0 fully saturated rings. The molecular weight excluding hydrogens is 558 g/mol. The summed E-state index contributed by atoms with van der Waals surface area (Å²) >= 11 is 0. The topological polar surface area (TPSA) is 0 Å². The summed E-state index contributed by atoms with van der Waals surface area (Å²) in [6.07, 6.45) is 0. The Balaban J connectivity index is 1.60. The molecule has 6 rings (SSSR count). The van der Waals surface area contributed by atoms with E-state index >= 15 is 0 Å². The molecule has 0 aromatic heterocycles. The van der Waals surface area contributed by atoms with Crippen molar-refractivity contribution in [3.63, 3.8) is 0 Å². The van der Waals surface area contributed by atoms with Gasteiger partial charge in [-0.1, -0.05) is 78.9 Å². The molecule has 212 valence electrons. The Morgan fingerprint density at radius 1 is 0.279 bits per heavy atom. The van der Waals surface area contributed by atoms with Gasteiger partial charge in [0.2, 0.25) is 0 Å². The highest BCUT2D eigenvalue weighted by Crippen LogP contribution is 2.46. The maximum atomic E-state index is 14.8. The van der Waals surface area contributed by atoms with Crippen molar-refractivity contribution in [2.45, 2.75) is 5.41 Å². The first-order chi connectivity index (χ1) is 20.7. The zero-order valence-electron chi connectivity index (χ0n) is 22.5. The van der Waals surface area contributed by atoms with Gasteiger partial charge >= 0.3 is 0 Å². The summed E-state index contributed by atoms with van der Waals surface area (Å²) in [6, 6.07) is 32.7. The third kappa shape index (κ3) is 5.44. The number of hydrogen-bond donors (Lipinski definition) is 0. The maximum Gasteiger partial charge on any atom is 0.126 e. The summed E-state index contributed by atoms with van der Waals surface area (Å²) in [5.74, 6) is -4.40. The summed E-state index contributed by atoms with van der Waals surface area (Å²) in [5.41, 5.74) is 2.70. The Labute approximate surface area is 244 Å². The average molecular weight is 581 g/mol. The lowest BCUT2D eigenvalue weighted by molar-refractivity contribution is 0.573. The van der Waals surface area contributed by atoms with Crippen LogP contribution < -0.4 is 0 Å². The van der Waals surface area contributed by atoms with Crippen molar-refractivity contribution in [2.75, 3.05) is 0 Å². The molecule has 0 nitrogen and oxygen atoms in total. The molecule has 6 heteroatoms. The van der Waals surface area contributed by atoms with Crippen LogP contribution >= 0.6 is 0 Å². The van der Waals surface area contributed by atoms with Crippen LogP contribution in [0.25, 0.3) is 22.3 Å². The molecule has 0 bridgehead atoms. The third-order valence-electron chi connectivity index (χ3n) is 7.53. The van der Waals surface area contributed by atoms with Crippen molar-refractivity contribution in [3.05, 3.63) is 191 Å². The Morgan fingerprint density at radius 2 is 0.605 bits per heavy atom. The second-order valence-corrected chi connectivity index (χ2v) is 10.2. The van der Waals surface area contributed by atoms with Gasteiger partial charge in [-0.15, -0.1) is 0 Å². The summed E-state index contributed by atoms with van der Waals surface area (Å²) in [6.45, 7) is 0. The highest BCUT2D eigenvalue weighted by molar-refractivity contribution is 5.69. The summed E-state index contributed by atoms with van der Waals surface area (Å²) in [7, 11) is 0. The maximum absolute atomic E-state index is 14.8. The van der Waals surface area contributed by atoms with E-state index in [4.69, 9.17) is 0 Å². The van der Waals surface area contributed by atoms with Gasteiger partial charge in [0.25, 0.3) is 0 Å². The first-order valence-electron chi connectivity index (χ1n) is 13.4. The van der Waals surface area contributed by atoms with E-state index in [-0.39, 0.29) is 0 Å². The van der Waals surface area contributed by atoms with Crippen LogP contribution in [0.15, 0.2) is 133 Å². The van der Waals surface area contributed by atoms with Crippen LogP contribution in [0.5, 0.6) is 0 Å². The molecule has 0 unspecified atom stereocenters. The Kier molecular flexibility index (Phi) is 7.36. The van der Waals surface area contributed by atoms with Gasteiger partial charge in [0.15, 0.2) is 0 Å². The van der Waals surface area contributed by atoms with Crippen molar-refractivity contribution in [1.82, 2.24) is 0 Å². The van der Waals surface area contributed by atoms with Crippen molar-refractivity contribution in [2.24, 2.45) is 0 Å². The number of rotatable bonds is 6. The molecule has 6 aromatic rings. The van der Waals surface area contributed by atoms with E-state index in [2.05, 4.69) is 0 Å². The molecular formula is C37H22F6. The zero-order valence-corrected chi connectivity index (χ0v) is 22.5. The molecule has 0 heterocycles. The van der Waals surface area contributed by atoms with Gasteiger partial charge < -0.3 is 0 Å². The Morgan fingerprint density at radius 3 is 0.977 bits per heavy atom. The van der Waals surface area contributed by atoms with Gasteiger partial charge in [-0.05, 0) is 80.9 Å². The monoisotopic (exact) mass is 580 g/mol. The van der Waals surface area contributed by atoms with Gasteiger partial charge in [-0.3, -0.25) is 0 Å². The molecule has 0 saturated carbocycles. The van der Waals surface area contributed by atoms with Crippen LogP contribution in [0.1, 0.15) is 22.3 Å². The molecule has 0 radical (unpaired) electrons. The fraction of sp³-hybridized carbons (Fsp3) is 0.0270. The SMILES string of the molecule is Fc1cc(F)cc(-c2ccc(C(c3ccccc3)(c3ccc(-c4cc(F)cc(F)c4)cc3)c3cc(F)cc(F)c3)cc2)c1. The van der Waals surface area contributed by atoms with E-state index in [1.807, 2.05) is 30.3 Å². The van der Waals surface area contributed by atoms with Gasteiger partial charge in [0.05, 0.1) is 5.41 Å². The molecule has 0 aliphatic rings. The normalized spacial score (nSPS) is 11.5. The average Bonchev–Trinajstić information content (AvgIpc) is 2.97. The van der Waals surface area contributed by atoms with Crippen molar-refractivity contribution < 1.29 is 26.3 Å². The van der Waals surface area contributed by atoms with E-state index < -0.39 is 40.3 Å². The minimum Gasteiger partial charge on any atom is -0.207 e. The molecule has 0 atom stereocenters. The van der Waals surface area contributed by atoms with Gasteiger partial charge in [-0.2, -0.15) is 0 Å². The van der Waals surface area contributed by atoms with Gasteiger partial charge in [-0.25, -0.2) is 26.3 Å². The number of hydrogen-bond acceptors (Lipinski definition) is 0. The molecule has 0 aliphatic heterocycles. The molecule has 0 spiro atoms. The molecule has 0 amide bonds. The minimum absolute atomic E-state index is 0.297. The fourth-order valence-corrected chi connectivity index (χ4v) is 5.72. The van der Waals surface area contributed by atoms with Crippen LogP contribution in [0, 0.1) is 34.9 Å². The minimum atomic E-state index is -1.26. The zero-order chi connectivity index (χ0) is 30.1. The molecule has 0 saturated heterocycles. The standard InChI is InChI=1S/C37H22F6/c38-31-14-25(15-32(39)20-31)23-6-10-28(11-7-23)37(27-4-2-1-3-5-27,30-18-35(42)22-36(43)19-30)29-12-8-24(9-13-29)26-16-33(40)21-34(41)17-26/h1-22H. The largest absolute Gasteiger partial charge is 0.207 e. The number of benzene rings is 6. The lowest BCUT2D eigenvalue weighted by Crippen LogP contribution is -2.31. The Bertz CT molecular complexity index is 1760. The van der Waals surface area contributed by atoms with E-state index in [1.54, 1.807) is 48.5 Å². The number of halogens is 6. The lowest BCUT2D eigenvalue weighted by Gasteiger charge is -2.37. The van der Waals surface area contributed by atoms with Crippen LogP contribution in [0.2, 0.25) is 0 Å². The van der Waals surface area contributed by atoms with E-state index in [9.17, 15) is 26.3 Å². The molecule has 6 aromatic carbocycles. The fourth-order valence-electron chi connectivity index (χ4n) is 5.72. The quantitative estimate of drug-likeness (QED) is 0.136. The lowest BCUT2D eigenvalue weighted by atomic mass is 9.65. The van der Waals surface area contributed by atoms with Crippen molar-refractivity contribution in [1.29, 1.82) is 0 Å². The first-order valence-corrected chi connectivity index (χ1v) is 13.4. The Hall–Kier alpha value is -5.10.